The van der Waals surface area contributed by atoms with Gasteiger partial charge >= 0.3 is 6.18 Å². The Balaban J connectivity index is 2.12. The zero-order valence-corrected chi connectivity index (χ0v) is 19.1. The van der Waals surface area contributed by atoms with E-state index in [0.717, 1.165) is 12.1 Å². The van der Waals surface area contributed by atoms with Crippen molar-refractivity contribution < 1.29 is 27.3 Å². The van der Waals surface area contributed by atoms with Crippen LogP contribution in [-0.4, -0.2) is 40.0 Å². The van der Waals surface area contributed by atoms with Crippen molar-refractivity contribution in [2.24, 2.45) is 0 Å². The summed E-state index contributed by atoms with van der Waals surface area (Å²) >= 11 is 17.4. The molecule has 5 nitrogen and oxygen atoms in total. The summed E-state index contributed by atoms with van der Waals surface area (Å²) in [5.41, 5.74) is -2.85. The second-order valence-corrected chi connectivity index (χ2v) is 9.28. The van der Waals surface area contributed by atoms with Crippen LogP contribution in [0.3, 0.4) is 0 Å². The van der Waals surface area contributed by atoms with Crippen LogP contribution in [0.2, 0.25) is 15.1 Å². The Kier molecular flexibility index (Phi) is 8.63. The fourth-order valence-electron chi connectivity index (χ4n) is 2.57. The highest BCUT2D eigenvalue weighted by Crippen LogP contribution is 2.43. The Hall–Kier alpha value is -1.52. The molecule has 0 aliphatic carbocycles. The van der Waals surface area contributed by atoms with Gasteiger partial charge in [0.05, 0.1) is 21.6 Å². The number of anilines is 1. The van der Waals surface area contributed by atoms with Gasteiger partial charge in [-0.05, 0) is 35.4 Å². The number of aliphatic hydroxyl groups is 1. The molecule has 2 aromatic carbocycles. The first kappa shape index (κ1) is 25.7. The van der Waals surface area contributed by atoms with E-state index in [9.17, 15) is 27.3 Å². The molecule has 1 amide bonds. The third-order valence-corrected chi connectivity index (χ3v) is 6.12. The average Bonchev–Trinajstić information content (AvgIpc) is 2.67. The van der Waals surface area contributed by atoms with Crippen LogP contribution in [0, 0.1) is 0 Å². The first-order chi connectivity index (χ1) is 14.3. The van der Waals surface area contributed by atoms with Crippen molar-refractivity contribution in [1.82, 2.24) is 5.32 Å². The van der Waals surface area contributed by atoms with Crippen LogP contribution < -0.4 is 10.6 Å². The van der Waals surface area contributed by atoms with Gasteiger partial charge in [-0.2, -0.15) is 13.2 Å². The van der Waals surface area contributed by atoms with E-state index < -0.39 is 34.7 Å². The number of hydrogen-bond acceptors (Lipinski definition) is 4. The number of benzene rings is 2. The van der Waals surface area contributed by atoms with Crippen molar-refractivity contribution in [1.29, 1.82) is 0 Å². The van der Waals surface area contributed by atoms with E-state index in [2.05, 4.69) is 10.6 Å². The van der Waals surface area contributed by atoms with Crippen LogP contribution in [0.1, 0.15) is 11.1 Å². The Morgan fingerprint density at radius 3 is 2.13 bits per heavy atom. The molecule has 0 heterocycles. The van der Waals surface area contributed by atoms with Crippen LogP contribution in [0.5, 0.6) is 0 Å². The van der Waals surface area contributed by atoms with Crippen LogP contribution in [0.15, 0.2) is 36.4 Å². The quantitative estimate of drug-likeness (QED) is 0.451. The summed E-state index contributed by atoms with van der Waals surface area (Å²) in [4.78, 5) is 11.5. The largest absolute Gasteiger partial charge is 0.423 e. The Morgan fingerprint density at radius 2 is 1.65 bits per heavy atom. The van der Waals surface area contributed by atoms with E-state index in [0.29, 0.717) is 11.3 Å². The van der Waals surface area contributed by atoms with Crippen molar-refractivity contribution in [3.8, 4) is 0 Å². The number of carbonyl (C=O) groups is 1. The van der Waals surface area contributed by atoms with Crippen molar-refractivity contribution in [2.45, 2.75) is 18.3 Å². The molecule has 0 bridgehead atoms. The second-order valence-electron chi connectivity index (χ2n) is 6.66. The summed E-state index contributed by atoms with van der Waals surface area (Å²) in [6.45, 7) is -0.742. The second kappa shape index (κ2) is 10.4. The molecular formula is C19H18Cl3F3N2O3S. The molecule has 2 aromatic rings. The third kappa shape index (κ3) is 6.73. The van der Waals surface area contributed by atoms with Crippen LogP contribution in [0.25, 0.3) is 0 Å². The molecule has 12 heteroatoms. The highest BCUT2D eigenvalue weighted by Gasteiger charge is 2.55. The van der Waals surface area contributed by atoms with E-state index in [1.165, 1.54) is 18.4 Å². The molecular weight excluding hydrogens is 500 g/mol. The molecule has 0 saturated heterocycles. The molecule has 0 unspecified atom stereocenters. The van der Waals surface area contributed by atoms with Gasteiger partial charge in [-0.1, -0.05) is 46.9 Å². The molecule has 0 aliphatic rings. The van der Waals surface area contributed by atoms with Gasteiger partial charge in [0.1, 0.15) is 5.75 Å². The maximum Gasteiger partial charge on any atom is 0.423 e. The molecule has 3 N–H and O–H groups in total. The topological polar surface area (TPSA) is 78.4 Å². The number of hydrogen-bond donors (Lipinski definition) is 3. The predicted molar refractivity (Wildman–Crippen MR) is 117 cm³/mol. The summed E-state index contributed by atoms with van der Waals surface area (Å²) in [7, 11) is -1.26. The van der Waals surface area contributed by atoms with Crippen LogP contribution >= 0.6 is 34.8 Å². The first-order valence-electron chi connectivity index (χ1n) is 8.67. The van der Waals surface area contributed by atoms with Crippen molar-refractivity contribution >= 4 is 57.2 Å². The van der Waals surface area contributed by atoms with Gasteiger partial charge in [0.2, 0.25) is 11.5 Å². The van der Waals surface area contributed by atoms with Crippen LogP contribution in [0.4, 0.5) is 18.9 Å². The van der Waals surface area contributed by atoms with Crippen molar-refractivity contribution in [3.63, 3.8) is 0 Å². The van der Waals surface area contributed by atoms with E-state index in [4.69, 9.17) is 34.8 Å². The van der Waals surface area contributed by atoms with E-state index in [1.807, 2.05) is 0 Å². The van der Waals surface area contributed by atoms with Gasteiger partial charge in [-0.25, -0.2) is 0 Å². The summed E-state index contributed by atoms with van der Waals surface area (Å²) in [5.74, 6) is -0.493. The molecule has 0 aliphatic heterocycles. The lowest BCUT2D eigenvalue weighted by atomic mass is 9.92. The normalized spacial score (nSPS) is 14.6. The summed E-state index contributed by atoms with van der Waals surface area (Å²) < 4.78 is 52.2. The molecule has 2 rings (SSSR count). The lowest BCUT2D eigenvalue weighted by Gasteiger charge is -2.32. The zero-order chi connectivity index (χ0) is 23.4. The van der Waals surface area contributed by atoms with Gasteiger partial charge in [0.25, 0.3) is 0 Å². The number of amides is 1. The maximum atomic E-state index is 13.7. The minimum atomic E-state index is -5.04. The maximum absolute atomic E-state index is 13.7. The third-order valence-electron chi connectivity index (χ3n) is 4.26. The highest BCUT2D eigenvalue weighted by molar-refractivity contribution is 7.85. The minimum Gasteiger partial charge on any atom is -0.381 e. The van der Waals surface area contributed by atoms with Gasteiger partial charge in [0, 0.05) is 29.3 Å². The molecule has 0 spiro atoms. The van der Waals surface area contributed by atoms with Crippen molar-refractivity contribution in [3.05, 3.63) is 62.6 Å². The number of rotatable bonds is 8. The fourth-order valence-corrected chi connectivity index (χ4v) is 3.63. The van der Waals surface area contributed by atoms with Gasteiger partial charge in [-0.3, -0.25) is 9.00 Å². The number of carbonyl (C=O) groups excluding carboxylic acids is 1. The Labute approximate surface area is 194 Å². The molecule has 0 aromatic heterocycles. The molecule has 0 radical (unpaired) electrons. The molecule has 0 fully saturated rings. The number of halogens is 6. The van der Waals surface area contributed by atoms with Gasteiger partial charge in [-0.15, -0.1) is 0 Å². The fraction of sp³-hybridized carbons (Fsp3) is 0.316. The smallest absolute Gasteiger partial charge is 0.381 e. The van der Waals surface area contributed by atoms with Gasteiger partial charge in [0.15, 0.2) is 0 Å². The SMILES string of the molecule is C[S@](=O)CC(=O)NCc1ccc(NC[C@](O)(c2cc(Cl)c(Cl)c(Cl)c2)C(F)(F)F)cc1. The van der Waals surface area contributed by atoms with Crippen LogP contribution in [-0.2, 0) is 27.7 Å². The molecule has 2 atom stereocenters. The van der Waals surface area contributed by atoms with E-state index >= 15 is 0 Å². The monoisotopic (exact) mass is 516 g/mol. The standard InChI is InChI=1S/C19H18Cl3F3N2O3S/c1-31(30)9-16(28)26-8-11-2-4-13(5-3-11)27-10-18(29,19(23,24)25)12-6-14(20)17(22)15(21)7-12/h2-7,27,29H,8-10H2,1H3,(H,26,28)/t18-,31-/m0/s1. The Bertz CT molecular complexity index is 951. The Morgan fingerprint density at radius 1 is 1.10 bits per heavy atom. The molecule has 170 valence electrons. The van der Waals surface area contributed by atoms with E-state index in [1.54, 1.807) is 12.1 Å². The van der Waals surface area contributed by atoms with E-state index in [-0.39, 0.29) is 33.3 Å². The molecule has 0 saturated carbocycles. The minimum absolute atomic E-state index is 0.113. The number of alkyl halides is 3. The average molecular weight is 518 g/mol. The van der Waals surface area contributed by atoms with Gasteiger partial charge < -0.3 is 15.7 Å². The summed E-state index contributed by atoms with van der Waals surface area (Å²) in [6, 6.07) is 8.01. The lowest BCUT2D eigenvalue weighted by Crippen LogP contribution is -2.47. The molecule has 31 heavy (non-hydrogen) atoms. The summed E-state index contributed by atoms with van der Waals surface area (Å²) in [6.07, 6.45) is -3.63. The zero-order valence-electron chi connectivity index (χ0n) is 16.0. The highest BCUT2D eigenvalue weighted by atomic mass is 35.5. The predicted octanol–water partition coefficient (Wildman–Crippen LogP) is 4.50. The lowest BCUT2D eigenvalue weighted by molar-refractivity contribution is -0.260. The number of nitrogens with one attached hydrogen (secondary N) is 2. The van der Waals surface area contributed by atoms with Crippen molar-refractivity contribution in [2.75, 3.05) is 23.9 Å². The summed E-state index contributed by atoms with van der Waals surface area (Å²) in [5, 5.41) is 15.1. The first-order valence-corrected chi connectivity index (χ1v) is 11.5.